The van der Waals surface area contributed by atoms with Crippen LogP contribution in [0.5, 0.6) is 0 Å². The minimum absolute atomic E-state index is 0.150. The SMILES string of the molecule is C=C1NC(=O)C(O)=CN1C1OC(COP(=O)(O)OP(=O)(O)OP(=O)(O)O)C(O)C1O. The standard InChI is InChI=1S/C10H17N2O15P3/c1-4-11-9(16)5(13)2-12(4)10-8(15)7(14)6(25-10)3-24-29(20,21)27-30(22,23)26-28(17,18)19/h2,6-8,10,13-15H,1,3H2,(H,11,16)(H,20,21)(H,22,23)(H2,17,18,19). The number of carbonyl (C=O) groups is 1. The third-order valence-electron chi connectivity index (χ3n) is 3.49. The molecule has 1 amide bonds. The summed E-state index contributed by atoms with van der Waals surface area (Å²) in [5.41, 5.74) is 0. The zero-order valence-electron chi connectivity index (χ0n) is 14.5. The highest BCUT2D eigenvalue weighted by molar-refractivity contribution is 7.66. The van der Waals surface area contributed by atoms with E-state index in [-0.39, 0.29) is 5.82 Å². The molecule has 2 heterocycles. The van der Waals surface area contributed by atoms with E-state index in [1.807, 2.05) is 0 Å². The van der Waals surface area contributed by atoms with Crippen LogP contribution in [0.2, 0.25) is 0 Å². The molecular formula is C10H17N2O15P3. The summed E-state index contributed by atoms with van der Waals surface area (Å²) in [4.78, 5) is 47.6. The number of phosphoric ester groups is 1. The van der Waals surface area contributed by atoms with Gasteiger partial charge in [-0.15, -0.1) is 0 Å². The van der Waals surface area contributed by atoms with Gasteiger partial charge in [0.25, 0.3) is 5.91 Å². The topological polar surface area (TPSA) is 262 Å². The minimum Gasteiger partial charge on any atom is -0.502 e. The van der Waals surface area contributed by atoms with Crippen LogP contribution in [0, 0.1) is 0 Å². The van der Waals surface area contributed by atoms with Gasteiger partial charge in [0.1, 0.15) is 24.1 Å². The highest BCUT2D eigenvalue weighted by Gasteiger charge is 2.48. The van der Waals surface area contributed by atoms with Crippen LogP contribution in [0.15, 0.2) is 24.4 Å². The van der Waals surface area contributed by atoms with Crippen LogP contribution in [0.3, 0.4) is 0 Å². The Labute approximate surface area is 167 Å². The van der Waals surface area contributed by atoms with Crippen molar-refractivity contribution in [3.8, 4) is 0 Å². The molecule has 1 fully saturated rings. The Bertz CT molecular complexity index is 884. The Morgan fingerprint density at radius 2 is 1.70 bits per heavy atom. The van der Waals surface area contributed by atoms with Crippen LogP contribution >= 0.6 is 23.5 Å². The van der Waals surface area contributed by atoms with Crippen molar-refractivity contribution in [2.75, 3.05) is 6.61 Å². The van der Waals surface area contributed by atoms with Crippen molar-refractivity contribution in [3.63, 3.8) is 0 Å². The second-order valence-corrected chi connectivity index (χ2v) is 10.2. The maximum absolute atomic E-state index is 11.7. The molecule has 1 saturated heterocycles. The van der Waals surface area contributed by atoms with Crippen molar-refractivity contribution in [1.82, 2.24) is 10.2 Å². The summed E-state index contributed by atoms with van der Waals surface area (Å²) in [7, 11) is -16.8. The number of aliphatic hydroxyl groups is 3. The van der Waals surface area contributed by atoms with Gasteiger partial charge in [-0.05, 0) is 0 Å². The smallest absolute Gasteiger partial charge is 0.490 e. The van der Waals surface area contributed by atoms with Crippen molar-refractivity contribution >= 4 is 29.4 Å². The molecule has 0 radical (unpaired) electrons. The van der Waals surface area contributed by atoms with Crippen LogP contribution in [-0.2, 0) is 36.4 Å². The molecule has 6 unspecified atom stereocenters. The molecule has 0 bridgehead atoms. The van der Waals surface area contributed by atoms with E-state index in [4.69, 9.17) is 19.4 Å². The summed E-state index contributed by atoms with van der Waals surface area (Å²) in [5, 5.41) is 31.7. The summed E-state index contributed by atoms with van der Waals surface area (Å²) < 4.78 is 50.2. The lowest BCUT2D eigenvalue weighted by molar-refractivity contribution is -0.122. The van der Waals surface area contributed by atoms with Gasteiger partial charge in [-0.3, -0.25) is 9.32 Å². The summed E-state index contributed by atoms with van der Waals surface area (Å²) in [6.45, 7) is 2.43. The molecule has 17 nitrogen and oxygen atoms in total. The molecule has 30 heavy (non-hydrogen) atoms. The third kappa shape index (κ3) is 6.42. The molecule has 2 aliphatic rings. The quantitative estimate of drug-likeness (QED) is 0.170. The normalized spacial score (nSPS) is 31.7. The number of nitrogens with zero attached hydrogens (tertiary/aromatic N) is 1. The summed E-state index contributed by atoms with van der Waals surface area (Å²) in [6.07, 6.45) is -5.63. The fraction of sp³-hybridized carbons (Fsp3) is 0.500. The maximum Gasteiger partial charge on any atom is 0.490 e. The second-order valence-electron chi connectivity index (χ2n) is 5.76. The average Bonchev–Trinajstić information content (AvgIpc) is 2.81. The van der Waals surface area contributed by atoms with Crippen molar-refractivity contribution < 1.29 is 71.3 Å². The fourth-order valence-electron chi connectivity index (χ4n) is 2.32. The number of hydrogen-bond acceptors (Lipinski definition) is 12. The average molecular weight is 498 g/mol. The molecule has 2 aliphatic heterocycles. The Morgan fingerprint density at radius 1 is 1.10 bits per heavy atom. The largest absolute Gasteiger partial charge is 0.502 e. The van der Waals surface area contributed by atoms with Gasteiger partial charge < -0.3 is 49.8 Å². The third-order valence-corrected chi connectivity index (χ3v) is 7.30. The van der Waals surface area contributed by atoms with Crippen molar-refractivity contribution in [3.05, 3.63) is 24.4 Å². The number of ether oxygens (including phenoxy) is 1. The van der Waals surface area contributed by atoms with Crippen molar-refractivity contribution in [2.45, 2.75) is 24.5 Å². The predicted molar refractivity (Wildman–Crippen MR) is 90.3 cm³/mol. The molecule has 0 aromatic rings. The molecule has 0 saturated carbocycles. The second kappa shape index (κ2) is 8.76. The van der Waals surface area contributed by atoms with E-state index in [1.165, 1.54) is 0 Å². The minimum atomic E-state index is -5.73. The van der Waals surface area contributed by atoms with E-state index in [0.29, 0.717) is 0 Å². The number of phosphoric acid groups is 3. The van der Waals surface area contributed by atoms with E-state index in [9.17, 15) is 38.7 Å². The summed E-state index contributed by atoms with van der Waals surface area (Å²) in [6, 6.07) is 0. The van der Waals surface area contributed by atoms with Gasteiger partial charge in [0.05, 0.1) is 12.8 Å². The predicted octanol–water partition coefficient (Wildman–Crippen LogP) is -1.92. The molecule has 8 N–H and O–H groups in total. The van der Waals surface area contributed by atoms with Gasteiger partial charge in [0.2, 0.25) is 0 Å². The lowest BCUT2D eigenvalue weighted by Gasteiger charge is -2.33. The number of nitrogens with one attached hydrogen (secondary N) is 1. The zero-order valence-corrected chi connectivity index (χ0v) is 17.2. The molecule has 6 atom stereocenters. The van der Waals surface area contributed by atoms with E-state index < -0.39 is 66.3 Å². The molecule has 20 heteroatoms. The Kier molecular flexibility index (Phi) is 7.33. The Balaban J connectivity index is 2.03. The summed E-state index contributed by atoms with van der Waals surface area (Å²) in [5.74, 6) is -1.82. The van der Waals surface area contributed by atoms with E-state index in [1.54, 1.807) is 0 Å². The first-order valence-electron chi connectivity index (χ1n) is 7.51. The van der Waals surface area contributed by atoms with Gasteiger partial charge in [-0.2, -0.15) is 8.62 Å². The van der Waals surface area contributed by atoms with Crippen LogP contribution in [-0.4, -0.2) is 76.8 Å². The van der Waals surface area contributed by atoms with Gasteiger partial charge in [0, 0.05) is 0 Å². The molecule has 0 aromatic heterocycles. The van der Waals surface area contributed by atoms with E-state index in [0.717, 1.165) is 11.1 Å². The van der Waals surface area contributed by atoms with Crippen LogP contribution in [0.1, 0.15) is 0 Å². The lowest BCUT2D eigenvalue weighted by Crippen LogP contribution is -2.47. The van der Waals surface area contributed by atoms with Gasteiger partial charge in [-0.25, -0.2) is 13.7 Å². The number of aliphatic hydroxyl groups excluding tert-OH is 3. The lowest BCUT2D eigenvalue weighted by atomic mass is 10.1. The molecule has 0 aromatic carbocycles. The molecular weight excluding hydrogens is 481 g/mol. The van der Waals surface area contributed by atoms with Gasteiger partial charge in [0.15, 0.2) is 12.0 Å². The van der Waals surface area contributed by atoms with Crippen LogP contribution in [0.4, 0.5) is 0 Å². The first-order valence-corrected chi connectivity index (χ1v) is 12.0. The molecule has 172 valence electrons. The zero-order chi connectivity index (χ0) is 23.1. The molecule has 0 spiro atoms. The Hall–Kier alpha value is -1.16. The highest BCUT2D eigenvalue weighted by atomic mass is 31.3. The van der Waals surface area contributed by atoms with Gasteiger partial charge in [-0.1, -0.05) is 6.58 Å². The maximum atomic E-state index is 11.7. The number of amides is 1. The van der Waals surface area contributed by atoms with Crippen molar-refractivity contribution in [1.29, 1.82) is 0 Å². The highest BCUT2D eigenvalue weighted by Crippen LogP contribution is 2.66. The van der Waals surface area contributed by atoms with Crippen molar-refractivity contribution in [2.24, 2.45) is 0 Å². The number of hydrogen-bond donors (Lipinski definition) is 8. The van der Waals surface area contributed by atoms with Gasteiger partial charge >= 0.3 is 23.5 Å². The monoisotopic (exact) mass is 498 g/mol. The van der Waals surface area contributed by atoms with E-state index in [2.05, 4.69) is 25.0 Å². The fourth-order valence-corrected chi connectivity index (χ4v) is 5.35. The Morgan fingerprint density at radius 3 is 2.27 bits per heavy atom. The van der Waals surface area contributed by atoms with Crippen LogP contribution in [0.25, 0.3) is 0 Å². The first-order chi connectivity index (χ1) is 13.5. The molecule has 0 aliphatic carbocycles. The van der Waals surface area contributed by atoms with E-state index >= 15 is 0 Å². The first kappa shape index (κ1) is 25.1. The van der Waals surface area contributed by atoms with Crippen LogP contribution < -0.4 is 5.32 Å². The number of rotatable bonds is 8. The summed E-state index contributed by atoms with van der Waals surface area (Å²) >= 11 is 0. The number of carbonyl (C=O) groups excluding carboxylic acids is 1. The molecule has 2 rings (SSSR count).